The van der Waals surface area contributed by atoms with E-state index in [1.807, 2.05) is 12.1 Å². The first-order valence-electron chi connectivity index (χ1n) is 9.00. The third-order valence-corrected chi connectivity index (χ3v) is 3.99. The van der Waals surface area contributed by atoms with Crippen molar-refractivity contribution in [1.82, 2.24) is 10.6 Å². The number of hydrogen-bond acceptors (Lipinski definition) is 2. The lowest BCUT2D eigenvalue weighted by Gasteiger charge is -2.12. The zero-order valence-corrected chi connectivity index (χ0v) is 17.8. The summed E-state index contributed by atoms with van der Waals surface area (Å²) in [5.41, 5.74) is 6.85. The highest BCUT2D eigenvalue weighted by atomic mass is 127. The van der Waals surface area contributed by atoms with Crippen LogP contribution in [0.3, 0.4) is 0 Å². The van der Waals surface area contributed by atoms with E-state index >= 15 is 0 Å². The van der Waals surface area contributed by atoms with Crippen LogP contribution < -0.4 is 16.4 Å². The first-order valence-corrected chi connectivity index (χ1v) is 9.00. The molecule has 25 heavy (non-hydrogen) atoms. The third-order valence-electron chi connectivity index (χ3n) is 3.99. The maximum atomic E-state index is 11.0. The zero-order valence-electron chi connectivity index (χ0n) is 15.5. The Balaban J connectivity index is 0.00000576. The number of benzene rings is 1. The molecule has 0 radical (unpaired) electrons. The minimum atomic E-state index is -0.401. The number of rotatable bonds is 11. The molecule has 0 aliphatic heterocycles. The summed E-state index contributed by atoms with van der Waals surface area (Å²) in [4.78, 5) is 15.3. The molecule has 142 valence electrons. The molecule has 0 atom stereocenters. The topological polar surface area (TPSA) is 79.5 Å². The van der Waals surface area contributed by atoms with E-state index in [1.165, 1.54) is 44.9 Å². The summed E-state index contributed by atoms with van der Waals surface area (Å²) >= 11 is 0. The molecule has 1 aromatic carbocycles. The van der Waals surface area contributed by atoms with Crippen LogP contribution in [0.2, 0.25) is 0 Å². The number of carbonyl (C=O) groups excluding carboxylic acids is 1. The molecule has 5 nitrogen and oxygen atoms in total. The number of nitrogens with two attached hydrogens (primary N) is 1. The van der Waals surface area contributed by atoms with Crippen molar-refractivity contribution in [2.75, 3.05) is 13.6 Å². The van der Waals surface area contributed by atoms with Gasteiger partial charge in [-0.3, -0.25) is 9.79 Å². The molecule has 0 aliphatic carbocycles. The van der Waals surface area contributed by atoms with E-state index in [-0.39, 0.29) is 24.0 Å². The highest BCUT2D eigenvalue weighted by Crippen LogP contribution is 2.06. The van der Waals surface area contributed by atoms with Gasteiger partial charge in [-0.2, -0.15) is 0 Å². The number of halogens is 1. The van der Waals surface area contributed by atoms with E-state index in [1.54, 1.807) is 19.2 Å². The quantitative estimate of drug-likeness (QED) is 0.203. The summed E-state index contributed by atoms with van der Waals surface area (Å²) in [6.45, 7) is 3.85. The van der Waals surface area contributed by atoms with Crippen LogP contribution in [0.15, 0.2) is 29.3 Å². The molecule has 0 aromatic heterocycles. The van der Waals surface area contributed by atoms with Gasteiger partial charge in [0, 0.05) is 25.7 Å². The van der Waals surface area contributed by atoms with Gasteiger partial charge in [0.05, 0.1) is 0 Å². The van der Waals surface area contributed by atoms with E-state index in [9.17, 15) is 4.79 Å². The zero-order chi connectivity index (χ0) is 17.6. The molecule has 0 saturated heterocycles. The van der Waals surface area contributed by atoms with E-state index in [2.05, 4.69) is 22.5 Å². The van der Waals surface area contributed by atoms with Crippen LogP contribution in [-0.4, -0.2) is 25.5 Å². The number of guanidine groups is 1. The van der Waals surface area contributed by atoms with Crippen LogP contribution in [0.25, 0.3) is 0 Å². The largest absolute Gasteiger partial charge is 0.366 e. The van der Waals surface area contributed by atoms with Crippen molar-refractivity contribution in [2.45, 2.75) is 58.4 Å². The van der Waals surface area contributed by atoms with Crippen molar-refractivity contribution < 1.29 is 4.79 Å². The molecule has 0 spiro atoms. The number of unbranched alkanes of at least 4 members (excludes halogenated alkanes) is 6. The number of nitrogens with one attached hydrogen (secondary N) is 2. The van der Waals surface area contributed by atoms with Gasteiger partial charge in [-0.25, -0.2) is 0 Å². The Labute approximate surface area is 169 Å². The first-order chi connectivity index (χ1) is 11.7. The van der Waals surface area contributed by atoms with Crippen molar-refractivity contribution in [3.63, 3.8) is 0 Å². The molecule has 1 aromatic rings. The van der Waals surface area contributed by atoms with Crippen LogP contribution in [0.1, 0.15) is 67.8 Å². The van der Waals surface area contributed by atoms with Gasteiger partial charge < -0.3 is 16.4 Å². The van der Waals surface area contributed by atoms with Crippen molar-refractivity contribution in [1.29, 1.82) is 0 Å². The lowest BCUT2D eigenvalue weighted by Crippen LogP contribution is -2.37. The second-order valence-electron chi connectivity index (χ2n) is 6.04. The predicted molar refractivity (Wildman–Crippen MR) is 117 cm³/mol. The lowest BCUT2D eigenvalue weighted by molar-refractivity contribution is 0.100. The van der Waals surface area contributed by atoms with E-state index < -0.39 is 5.91 Å². The Kier molecular flexibility index (Phi) is 14.2. The van der Waals surface area contributed by atoms with Crippen molar-refractivity contribution in [2.24, 2.45) is 10.7 Å². The summed E-state index contributed by atoms with van der Waals surface area (Å²) in [7, 11) is 1.77. The van der Waals surface area contributed by atoms with E-state index in [0.29, 0.717) is 12.1 Å². The van der Waals surface area contributed by atoms with Gasteiger partial charge in [0.2, 0.25) is 5.91 Å². The molecule has 0 heterocycles. The molecule has 0 bridgehead atoms. The molecule has 0 saturated carbocycles. The van der Waals surface area contributed by atoms with Gasteiger partial charge in [0.1, 0.15) is 0 Å². The van der Waals surface area contributed by atoms with Crippen LogP contribution in [0, 0.1) is 0 Å². The fourth-order valence-electron chi connectivity index (χ4n) is 2.48. The average molecular weight is 460 g/mol. The summed E-state index contributed by atoms with van der Waals surface area (Å²) in [6.07, 6.45) is 9.12. The van der Waals surface area contributed by atoms with Gasteiger partial charge in [0.15, 0.2) is 5.96 Å². The van der Waals surface area contributed by atoms with Gasteiger partial charge in [-0.15, -0.1) is 24.0 Å². The minimum Gasteiger partial charge on any atom is -0.366 e. The summed E-state index contributed by atoms with van der Waals surface area (Å²) in [5.74, 6) is 0.404. The van der Waals surface area contributed by atoms with E-state index in [0.717, 1.165) is 18.1 Å². The highest BCUT2D eigenvalue weighted by molar-refractivity contribution is 14.0. The molecule has 6 heteroatoms. The second kappa shape index (κ2) is 15.0. The molecular formula is C19H33IN4O. The van der Waals surface area contributed by atoms with Crippen molar-refractivity contribution in [3.8, 4) is 0 Å². The number of amides is 1. The van der Waals surface area contributed by atoms with E-state index in [4.69, 9.17) is 5.73 Å². The molecular weight excluding hydrogens is 427 g/mol. The predicted octanol–water partition coefficient (Wildman–Crippen LogP) is 3.82. The van der Waals surface area contributed by atoms with Gasteiger partial charge in [-0.1, -0.05) is 57.6 Å². The van der Waals surface area contributed by atoms with Gasteiger partial charge in [-0.05, 0) is 24.1 Å². The Morgan fingerprint density at radius 2 is 1.60 bits per heavy atom. The highest BCUT2D eigenvalue weighted by Gasteiger charge is 2.01. The fraction of sp³-hybridized carbons (Fsp3) is 0.579. The Bertz CT molecular complexity index is 503. The maximum absolute atomic E-state index is 11.0. The Morgan fingerprint density at radius 1 is 1.00 bits per heavy atom. The van der Waals surface area contributed by atoms with Crippen LogP contribution in [0.5, 0.6) is 0 Å². The molecule has 0 unspecified atom stereocenters. The standard InChI is InChI=1S/C19H32N4O.HI/c1-3-4-5-6-7-8-9-14-22-19(21-2)23-15-16-10-12-17(13-11-16)18(20)24;/h10-13H,3-9,14-15H2,1-2H3,(H2,20,24)(H2,21,22,23);1H. The number of aliphatic imine (C=N–C) groups is 1. The smallest absolute Gasteiger partial charge is 0.248 e. The summed E-state index contributed by atoms with van der Waals surface area (Å²) in [6, 6.07) is 7.29. The normalized spacial score (nSPS) is 10.9. The number of carbonyl (C=O) groups is 1. The second-order valence-corrected chi connectivity index (χ2v) is 6.04. The molecule has 0 aliphatic rings. The molecule has 1 rings (SSSR count). The SMILES string of the molecule is CCCCCCCCCNC(=NC)NCc1ccc(C(N)=O)cc1.I. The fourth-order valence-corrected chi connectivity index (χ4v) is 2.48. The molecule has 4 N–H and O–H groups in total. The minimum absolute atomic E-state index is 0. The van der Waals surface area contributed by atoms with Crippen molar-refractivity contribution in [3.05, 3.63) is 35.4 Å². The number of hydrogen-bond donors (Lipinski definition) is 3. The summed E-state index contributed by atoms with van der Waals surface area (Å²) in [5, 5.41) is 6.61. The third kappa shape index (κ3) is 11.0. The number of nitrogens with zero attached hydrogens (tertiary/aromatic N) is 1. The molecule has 1 amide bonds. The first kappa shape index (κ1) is 23.7. The van der Waals surface area contributed by atoms with Gasteiger partial charge in [0.25, 0.3) is 0 Å². The average Bonchev–Trinajstić information content (AvgIpc) is 2.60. The van der Waals surface area contributed by atoms with Crippen molar-refractivity contribution >= 4 is 35.8 Å². The lowest BCUT2D eigenvalue weighted by atomic mass is 10.1. The summed E-state index contributed by atoms with van der Waals surface area (Å²) < 4.78 is 0. The molecule has 0 fully saturated rings. The van der Waals surface area contributed by atoms with Crippen LogP contribution in [-0.2, 0) is 6.54 Å². The van der Waals surface area contributed by atoms with Gasteiger partial charge >= 0.3 is 0 Å². The monoisotopic (exact) mass is 460 g/mol. The maximum Gasteiger partial charge on any atom is 0.248 e. The Morgan fingerprint density at radius 3 is 2.16 bits per heavy atom. The van der Waals surface area contributed by atoms with Crippen LogP contribution >= 0.6 is 24.0 Å². The Hall–Kier alpha value is -1.31. The van der Waals surface area contributed by atoms with Crippen LogP contribution in [0.4, 0.5) is 0 Å². The number of primary amides is 1.